The fraction of sp³-hybridized carbons (Fsp3) is 0.364. The quantitative estimate of drug-likeness (QED) is 0.701. The molecule has 0 aliphatic carbocycles. The largest absolute Gasteiger partial charge is 0.495 e. The number of carbonyl (C=O) groups excluding carboxylic acids is 1. The normalized spacial score (nSPS) is 15.8. The van der Waals surface area contributed by atoms with Crippen molar-refractivity contribution in [1.29, 1.82) is 0 Å². The Morgan fingerprint density at radius 1 is 1.50 bits per heavy atom. The number of methoxy groups -OCH3 is 1. The smallest absolute Gasteiger partial charge is 0.239 e. The summed E-state index contributed by atoms with van der Waals surface area (Å²) < 4.78 is 5.26. The fourth-order valence-electron chi connectivity index (χ4n) is 1.80. The summed E-state index contributed by atoms with van der Waals surface area (Å²) in [6, 6.07) is 5.46. The predicted molar refractivity (Wildman–Crippen MR) is 62.6 cm³/mol. The van der Waals surface area contributed by atoms with Gasteiger partial charge >= 0.3 is 0 Å². The van der Waals surface area contributed by atoms with E-state index >= 15 is 0 Å². The summed E-state index contributed by atoms with van der Waals surface area (Å²) in [5, 5.41) is 2.78. The summed E-state index contributed by atoms with van der Waals surface area (Å²) in [5.74, 6) is 0.736. The number of nitrogens with one attached hydrogen (secondary N) is 1. The average molecular weight is 221 g/mol. The third-order valence-corrected chi connectivity index (χ3v) is 2.58. The van der Waals surface area contributed by atoms with Crippen molar-refractivity contribution in [3.8, 4) is 5.75 Å². The molecule has 0 atom stereocenters. The number of nitrogens with zero attached hydrogens (tertiary/aromatic N) is 1. The number of hydrogen-bond acceptors (Lipinski definition) is 4. The van der Waals surface area contributed by atoms with Crippen LogP contribution in [0.5, 0.6) is 5.75 Å². The van der Waals surface area contributed by atoms with Crippen molar-refractivity contribution in [2.24, 2.45) is 0 Å². The molecular formula is C11H15N3O2. The molecule has 1 heterocycles. The first-order chi connectivity index (χ1) is 7.70. The molecule has 5 nitrogen and oxygen atoms in total. The standard InChI is InChI=1S/C11H15N3O2/c1-16-10-6-8(12)2-3-9(10)14-5-4-13-11(15)7-14/h2-3,6H,4-5,7,12H2,1H3,(H,13,15). The highest BCUT2D eigenvalue weighted by Gasteiger charge is 2.19. The highest BCUT2D eigenvalue weighted by atomic mass is 16.5. The zero-order valence-corrected chi connectivity index (χ0v) is 9.19. The van der Waals surface area contributed by atoms with Crippen molar-refractivity contribution in [3.63, 3.8) is 0 Å². The van der Waals surface area contributed by atoms with E-state index in [0.717, 1.165) is 12.2 Å². The molecule has 1 aromatic carbocycles. The lowest BCUT2D eigenvalue weighted by Gasteiger charge is -2.29. The Labute approximate surface area is 94.2 Å². The SMILES string of the molecule is COc1cc(N)ccc1N1CCNC(=O)C1. The third-order valence-electron chi connectivity index (χ3n) is 2.58. The number of anilines is 2. The van der Waals surface area contributed by atoms with E-state index in [0.29, 0.717) is 24.5 Å². The molecule has 1 aromatic rings. The molecule has 1 amide bonds. The van der Waals surface area contributed by atoms with E-state index in [2.05, 4.69) is 5.32 Å². The van der Waals surface area contributed by atoms with Crippen LogP contribution < -0.4 is 20.7 Å². The highest BCUT2D eigenvalue weighted by molar-refractivity contribution is 5.83. The van der Waals surface area contributed by atoms with Crippen molar-refractivity contribution in [3.05, 3.63) is 18.2 Å². The van der Waals surface area contributed by atoms with Crippen molar-refractivity contribution in [2.45, 2.75) is 0 Å². The van der Waals surface area contributed by atoms with Crippen LogP contribution in [0.2, 0.25) is 0 Å². The van der Waals surface area contributed by atoms with Crippen molar-refractivity contribution in [2.75, 3.05) is 37.4 Å². The number of amides is 1. The molecule has 1 fully saturated rings. The molecule has 1 saturated heterocycles. The predicted octanol–water partition coefficient (Wildman–Crippen LogP) is 0.214. The molecule has 3 N–H and O–H groups in total. The van der Waals surface area contributed by atoms with Crippen LogP contribution in [0.15, 0.2) is 18.2 Å². The van der Waals surface area contributed by atoms with E-state index in [1.165, 1.54) is 0 Å². The molecular weight excluding hydrogens is 206 g/mol. The zero-order chi connectivity index (χ0) is 11.5. The molecule has 5 heteroatoms. The molecule has 0 unspecified atom stereocenters. The number of carbonyl (C=O) groups is 1. The number of benzene rings is 1. The third kappa shape index (κ3) is 2.03. The number of hydrogen-bond donors (Lipinski definition) is 2. The van der Waals surface area contributed by atoms with E-state index in [1.54, 1.807) is 13.2 Å². The van der Waals surface area contributed by atoms with Crippen LogP contribution >= 0.6 is 0 Å². The molecule has 0 aromatic heterocycles. The second kappa shape index (κ2) is 4.30. The summed E-state index contributed by atoms with van der Waals surface area (Å²) in [6.07, 6.45) is 0. The van der Waals surface area contributed by atoms with Gasteiger partial charge in [-0.25, -0.2) is 0 Å². The van der Waals surface area contributed by atoms with Crippen LogP contribution in [0.25, 0.3) is 0 Å². The number of piperazine rings is 1. The van der Waals surface area contributed by atoms with Crippen LogP contribution in [0.1, 0.15) is 0 Å². The van der Waals surface area contributed by atoms with Gasteiger partial charge in [0.05, 0.1) is 19.3 Å². The fourth-order valence-corrected chi connectivity index (χ4v) is 1.80. The molecule has 2 rings (SSSR count). The van der Waals surface area contributed by atoms with Crippen molar-refractivity contribution < 1.29 is 9.53 Å². The first kappa shape index (κ1) is 10.6. The van der Waals surface area contributed by atoms with Crippen LogP contribution in [-0.4, -0.2) is 32.7 Å². The number of nitrogens with two attached hydrogens (primary N) is 1. The van der Waals surface area contributed by atoms with Gasteiger partial charge in [0.1, 0.15) is 5.75 Å². The Morgan fingerprint density at radius 3 is 3.00 bits per heavy atom. The molecule has 1 aliphatic rings. The van der Waals surface area contributed by atoms with Gasteiger partial charge in [0.25, 0.3) is 0 Å². The summed E-state index contributed by atoms with van der Waals surface area (Å²) in [6.45, 7) is 1.80. The van der Waals surface area contributed by atoms with E-state index in [-0.39, 0.29) is 5.91 Å². The van der Waals surface area contributed by atoms with Gasteiger partial charge in [-0.15, -0.1) is 0 Å². The maximum Gasteiger partial charge on any atom is 0.239 e. The maximum atomic E-state index is 11.3. The number of rotatable bonds is 2. The average Bonchev–Trinajstić information content (AvgIpc) is 2.28. The van der Waals surface area contributed by atoms with E-state index in [1.807, 2.05) is 17.0 Å². The Morgan fingerprint density at radius 2 is 2.31 bits per heavy atom. The minimum atomic E-state index is 0.0325. The topological polar surface area (TPSA) is 67.6 Å². The van der Waals surface area contributed by atoms with Gasteiger partial charge in [0.2, 0.25) is 5.91 Å². The van der Waals surface area contributed by atoms with Crippen LogP contribution in [0, 0.1) is 0 Å². The van der Waals surface area contributed by atoms with Gasteiger partial charge in [0.15, 0.2) is 0 Å². The summed E-state index contributed by atoms with van der Waals surface area (Å²) in [5.41, 5.74) is 7.25. The van der Waals surface area contributed by atoms with Gasteiger partial charge in [-0.1, -0.05) is 0 Å². The summed E-state index contributed by atoms with van der Waals surface area (Å²) >= 11 is 0. The lowest BCUT2D eigenvalue weighted by Crippen LogP contribution is -2.47. The van der Waals surface area contributed by atoms with Gasteiger partial charge in [-0.3, -0.25) is 4.79 Å². The van der Waals surface area contributed by atoms with Gasteiger partial charge in [-0.05, 0) is 12.1 Å². The number of ether oxygens (including phenoxy) is 1. The van der Waals surface area contributed by atoms with E-state index in [4.69, 9.17) is 10.5 Å². The van der Waals surface area contributed by atoms with E-state index in [9.17, 15) is 4.79 Å². The minimum Gasteiger partial charge on any atom is -0.495 e. The second-order valence-electron chi connectivity index (χ2n) is 3.70. The Hall–Kier alpha value is -1.91. The Kier molecular flexibility index (Phi) is 2.85. The van der Waals surface area contributed by atoms with Crippen LogP contribution in [0.3, 0.4) is 0 Å². The molecule has 1 aliphatic heterocycles. The van der Waals surface area contributed by atoms with E-state index < -0.39 is 0 Å². The molecule has 0 radical (unpaired) electrons. The van der Waals surface area contributed by atoms with Crippen molar-refractivity contribution >= 4 is 17.3 Å². The van der Waals surface area contributed by atoms with Gasteiger partial charge in [0, 0.05) is 24.8 Å². The second-order valence-corrected chi connectivity index (χ2v) is 3.70. The van der Waals surface area contributed by atoms with Crippen molar-refractivity contribution in [1.82, 2.24) is 5.32 Å². The first-order valence-electron chi connectivity index (χ1n) is 5.16. The van der Waals surface area contributed by atoms with Gasteiger partial charge in [-0.2, -0.15) is 0 Å². The zero-order valence-electron chi connectivity index (χ0n) is 9.19. The van der Waals surface area contributed by atoms with Crippen LogP contribution in [-0.2, 0) is 4.79 Å². The van der Waals surface area contributed by atoms with Gasteiger partial charge < -0.3 is 20.7 Å². The molecule has 0 bridgehead atoms. The monoisotopic (exact) mass is 221 g/mol. The maximum absolute atomic E-state index is 11.3. The van der Waals surface area contributed by atoms with Crippen LogP contribution in [0.4, 0.5) is 11.4 Å². The lowest BCUT2D eigenvalue weighted by molar-refractivity contribution is -0.120. The number of nitrogen functional groups attached to an aromatic ring is 1. The lowest BCUT2D eigenvalue weighted by atomic mass is 10.2. The highest BCUT2D eigenvalue weighted by Crippen LogP contribution is 2.30. The Bertz CT molecular complexity index is 406. The molecule has 86 valence electrons. The Balaban J connectivity index is 2.28. The first-order valence-corrected chi connectivity index (χ1v) is 5.16. The summed E-state index contributed by atoms with van der Waals surface area (Å²) in [7, 11) is 1.60. The minimum absolute atomic E-state index is 0.0325. The molecule has 0 saturated carbocycles. The molecule has 0 spiro atoms. The molecule has 16 heavy (non-hydrogen) atoms. The summed E-state index contributed by atoms with van der Waals surface area (Å²) in [4.78, 5) is 13.3.